The summed E-state index contributed by atoms with van der Waals surface area (Å²) in [5, 5.41) is 9.49. The van der Waals surface area contributed by atoms with Crippen molar-refractivity contribution in [1.29, 1.82) is 0 Å². The van der Waals surface area contributed by atoms with Gasteiger partial charge in [-0.15, -0.1) is 0 Å². The summed E-state index contributed by atoms with van der Waals surface area (Å²) >= 11 is 11.1. The molecule has 0 amide bonds. The number of hydrogen-bond donors (Lipinski definition) is 2. The van der Waals surface area contributed by atoms with Gasteiger partial charge in [-0.1, -0.05) is 42.0 Å². The maximum Gasteiger partial charge on any atom is 0.146 e. The van der Waals surface area contributed by atoms with E-state index in [1.807, 2.05) is 24.3 Å². The van der Waals surface area contributed by atoms with Crippen LogP contribution in [-0.2, 0) is 6.42 Å². The van der Waals surface area contributed by atoms with Gasteiger partial charge in [0.15, 0.2) is 0 Å². The van der Waals surface area contributed by atoms with Gasteiger partial charge in [0.2, 0.25) is 0 Å². The maximum absolute atomic E-state index is 9.05. The summed E-state index contributed by atoms with van der Waals surface area (Å²) in [7, 11) is 0. The van der Waals surface area contributed by atoms with Crippen molar-refractivity contribution < 1.29 is 9.84 Å². The second kappa shape index (κ2) is 6.70. The summed E-state index contributed by atoms with van der Waals surface area (Å²) in [6.45, 7) is 0.0640. The second-order valence-corrected chi connectivity index (χ2v) is 5.04. The molecule has 0 spiro atoms. The molecule has 2 rings (SSSR count). The van der Waals surface area contributed by atoms with Gasteiger partial charge in [-0.2, -0.15) is 0 Å². The Labute approximate surface area is 127 Å². The summed E-state index contributed by atoms with van der Waals surface area (Å²) < 4.78 is 5.80. The van der Waals surface area contributed by atoms with E-state index in [4.69, 9.17) is 39.4 Å². The first kappa shape index (κ1) is 14.8. The lowest BCUT2D eigenvalue weighted by Gasteiger charge is -2.12. The van der Waals surface area contributed by atoms with Crippen LogP contribution in [0.1, 0.15) is 11.1 Å². The molecule has 0 aliphatic heterocycles. The van der Waals surface area contributed by atoms with Crippen LogP contribution in [0, 0.1) is 0 Å². The number of benzene rings is 2. The fourth-order valence-electron chi connectivity index (χ4n) is 1.79. The van der Waals surface area contributed by atoms with Crippen LogP contribution in [0.3, 0.4) is 0 Å². The number of para-hydroxylation sites is 1. The fraction of sp³-hybridized carbons (Fsp3) is 0.133. The third-order valence-corrected chi connectivity index (χ3v) is 3.32. The molecule has 0 unspecified atom stereocenters. The molecule has 3 nitrogen and oxygen atoms in total. The lowest BCUT2D eigenvalue weighted by molar-refractivity contribution is 0.298. The topological polar surface area (TPSA) is 55.5 Å². The monoisotopic (exact) mass is 307 g/mol. The number of halogens is 1. The highest BCUT2D eigenvalue weighted by molar-refractivity contribution is 7.80. The number of aliphatic hydroxyl groups excluding tert-OH is 1. The van der Waals surface area contributed by atoms with Crippen molar-refractivity contribution in [3.05, 3.63) is 58.6 Å². The quantitative estimate of drug-likeness (QED) is 0.832. The van der Waals surface area contributed by atoms with Gasteiger partial charge in [0.1, 0.15) is 16.5 Å². The van der Waals surface area contributed by atoms with E-state index in [0.29, 0.717) is 33.5 Å². The highest BCUT2D eigenvalue weighted by atomic mass is 35.5. The highest BCUT2D eigenvalue weighted by Gasteiger charge is 2.08. The van der Waals surface area contributed by atoms with E-state index < -0.39 is 0 Å². The van der Waals surface area contributed by atoms with Crippen LogP contribution >= 0.6 is 23.8 Å². The number of rotatable bonds is 5. The number of aliphatic hydroxyl groups is 1. The molecule has 0 fully saturated rings. The van der Waals surface area contributed by atoms with E-state index in [1.54, 1.807) is 18.2 Å². The molecule has 20 heavy (non-hydrogen) atoms. The van der Waals surface area contributed by atoms with Crippen LogP contribution in [0.15, 0.2) is 42.5 Å². The van der Waals surface area contributed by atoms with Crippen LogP contribution in [0.4, 0.5) is 0 Å². The second-order valence-electron chi connectivity index (χ2n) is 4.19. The van der Waals surface area contributed by atoms with Crippen molar-refractivity contribution >= 4 is 28.8 Å². The summed E-state index contributed by atoms with van der Waals surface area (Å²) in [5.41, 5.74) is 7.17. The Morgan fingerprint density at radius 2 is 1.95 bits per heavy atom. The summed E-state index contributed by atoms with van der Waals surface area (Å²) in [4.78, 5) is 0.291. The average Bonchev–Trinajstić information content (AvgIpc) is 2.43. The molecule has 0 atom stereocenters. The molecular formula is C15H14ClNO2S. The normalized spacial score (nSPS) is 10.3. The largest absolute Gasteiger partial charge is 0.456 e. The molecule has 0 aromatic heterocycles. The molecule has 0 saturated heterocycles. The lowest BCUT2D eigenvalue weighted by atomic mass is 10.1. The van der Waals surface area contributed by atoms with Gasteiger partial charge >= 0.3 is 0 Å². The molecule has 0 saturated carbocycles. The highest BCUT2D eigenvalue weighted by Crippen LogP contribution is 2.32. The summed E-state index contributed by atoms with van der Waals surface area (Å²) in [5.74, 6) is 1.20. The predicted molar refractivity (Wildman–Crippen MR) is 84.6 cm³/mol. The molecular weight excluding hydrogens is 294 g/mol. The van der Waals surface area contributed by atoms with Crippen molar-refractivity contribution in [3.63, 3.8) is 0 Å². The van der Waals surface area contributed by atoms with Gasteiger partial charge in [-0.05, 0) is 36.2 Å². The SMILES string of the molecule is NC(=S)c1ccc(Oc2ccccc2CCO)c(Cl)c1. The molecule has 3 N–H and O–H groups in total. The molecule has 0 aliphatic carbocycles. The first-order valence-electron chi connectivity index (χ1n) is 6.08. The zero-order valence-electron chi connectivity index (χ0n) is 10.7. The van der Waals surface area contributed by atoms with Gasteiger partial charge < -0.3 is 15.6 Å². The molecule has 104 valence electrons. The van der Waals surface area contributed by atoms with Gasteiger partial charge in [-0.25, -0.2) is 0 Å². The molecule has 0 heterocycles. The molecule has 0 aliphatic rings. The van der Waals surface area contributed by atoms with Crippen LogP contribution in [0.25, 0.3) is 0 Å². The third-order valence-electron chi connectivity index (χ3n) is 2.79. The Morgan fingerprint density at radius 1 is 1.20 bits per heavy atom. The minimum absolute atomic E-state index is 0.0640. The van der Waals surface area contributed by atoms with Crippen LogP contribution < -0.4 is 10.5 Å². The number of thiocarbonyl (C=S) groups is 1. The molecule has 5 heteroatoms. The number of hydrogen-bond acceptors (Lipinski definition) is 3. The molecule has 2 aromatic carbocycles. The van der Waals surface area contributed by atoms with Crippen LogP contribution in [0.5, 0.6) is 11.5 Å². The number of nitrogens with two attached hydrogens (primary N) is 1. The van der Waals surface area contributed by atoms with Crippen molar-refractivity contribution in [3.8, 4) is 11.5 Å². The molecule has 0 bridgehead atoms. The lowest BCUT2D eigenvalue weighted by Crippen LogP contribution is -2.09. The van der Waals surface area contributed by atoms with Crippen molar-refractivity contribution in [1.82, 2.24) is 0 Å². The first-order valence-corrected chi connectivity index (χ1v) is 6.86. The van der Waals surface area contributed by atoms with E-state index in [0.717, 1.165) is 5.56 Å². The number of ether oxygens (including phenoxy) is 1. The van der Waals surface area contributed by atoms with Crippen LogP contribution in [-0.4, -0.2) is 16.7 Å². The van der Waals surface area contributed by atoms with Gasteiger partial charge in [-0.3, -0.25) is 0 Å². The summed E-state index contributed by atoms with van der Waals surface area (Å²) in [6.07, 6.45) is 0.527. The zero-order chi connectivity index (χ0) is 14.5. The minimum Gasteiger partial charge on any atom is -0.456 e. The van der Waals surface area contributed by atoms with Gasteiger partial charge in [0, 0.05) is 12.2 Å². The Hall–Kier alpha value is -1.62. The standard InChI is InChI=1S/C15H14ClNO2S/c16-12-9-11(15(17)20)5-6-14(12)19-13-4-2-1-3-10(13)7-8-18/h1-6,9,18H,7-8H2,(H2,17,20). The van der Waals surface area contributed by atoms with E-state index in [-0.39, 0.29) is 6.61 Å². The Bertz CT molecular complexity index is 631. The van der Waals surface area contributed by atoms with Crippen LogP contribution in [0.2, 0.25) is 5.02 Å². The predicted octanol–water partition coefficient (Wildman–Crippen LogP) is 3.30. The minimum atomic E-state index is 0.0640. The van der Waals surface area contributed by atoms with E-state index in [1.165, 1.54) is 0 Å². The Kier molecular flexibility index (Phi) is 4.95. The average molecular weight is 308 g/mol. The van der Waals surface area contributed by atoms with E-state index >= 15 is 0 Å². The van der Waals surface area contributed by atoms with Gasteiger partial charge in [0.25, 0.3) is 0 Å². The third kappa shape index (κ3) is 3.48. The fourth-order valence-corrected chi connectivity index (χ4v) is 2.13. The van der Waals surface area contributed by atoms with E-state index in [9.17, 15) is 0 Å². The smallest absolute Gasteiger partial charge is 0.146 e. The van der Waals surface area contributed by atoms with Gasteiger partial charge in [0.05, 0.1) is 5.02 Å². The van der Waals surface area contributed by atoms with Crippen molar-refractivity contribution in [2.24, 2.45) is 5.73 Å². The first-order chi connectivity index (χ1) is 9.61. The maximum atomic E-state index is 9.05. The van der Waals surface area contributed by atoms with Crippen molar-refractivity contribution in [2.45, 2.75) is 6.42 Å². The summed E-state index contributed by atoms with van der Waals surface area (Å²) in [6, 6.07) is 12.7. The zero-order valence-corrected chi connectivity index (χ0v) is 12.2. The van der Waals surface area contributed by atoms with E-state index in [2.05, 4.69) is 0 Å². The molecule has 2 aromatic rings. The van der Waals surface area contributed by atoms with Crippen molar-refractivity contribution in [2.75, 3.05) is 6.61 Å². The molecule has 0 radical (unpaired) electrons. The Balaban J connectivity index is 2.28. The Morgan fingerprint density at radius 3 is 2.60 bits per heavy atom.